The first-order valence-electron chi connectivity index (χ1n) is 2.97. The van der Waals surface area contributed by atoms with Crippen LogP contribution >= 0.6 is 0 Å². The Hall–Kier alpha value is 1.64. The molecule has 0 aromatic rings. The molecule has 0 saturated carbocycles. The van der Waals surface area contributed by atoms with Crippen molar-refractivity contribution in [3.63, 3.8) is 0 Å². The Morgan fingerprint density at radius 1 is 1.00 bits per heavy atom. The van der Waals surface area contributed by atoms with Crippen LogP contribution in [0.3, 0.4) is 0 Å². The van der Waals surface area contributed by atoms with Gasteiger partial charge in [-0.15, -0.1) is 6.42 Å². The second-order valence-electron chi connectivity index (χ2n) is 1.75. The fourth-order valence-electron chi connectivity index (χ4n) is 0.526. The van der Waals surface area contributed by atoms with Crippen molar-refractivity contribution in [1.29, 1.82) is 0 Å². The summed E-state index contributed by atoms with van der Waals surface area (Å²) >= 11 is 0. The van der Waals surface area contributed by atoms with Gasteiger partial charge in [-0.25, -0.2) is 0 Å². The van der Waals surface area contributed by atoms with E-state index in [1.165, 1.54) is 19.3 Å². The molecule has 0 heterocycles. The van der Waals surface area contributed by atoms with E-state index in [-0.39, 0.29) is 51.4 Å². The summed E-state index contributed by atoms with van der Waals surface area (Å²) < 4.78 is 0. The van der Waals surface area contributed by atoms with Gasteiger partial charge in [0.05, 0.1) is 0 Å². The van der Waals surface area contributed by atoms with E-state index >= 15 is 0 Å². The van der Waals surface area contributed by atoms with Crippen LogP contribution in [-0.4, -0.2) is 0 Å². The molecule has 0 saturated heterocycles. The molecule has 0 spiro atoms. The summed E-state index contributed by atoms with van der Waals surface area (Å²) in [5.74, 6) is 0. The molecular weight excluding hydrogens is 123 g/mol. The van der Waals surface area contributed by atoms with Crippen LogP contribution in [0.2, 0.25) is 0 Å². The largest absolute Gasteiger partial charge is 1.00 e. The SMILES string of the molecule is C[CH-]CCC[CH-]C.[K+]. The van der Waals surface area contributed by atoms with Crippen molar-refractivity contribution in [3.05, 3.63) is 12.8 Å². The molecule has 44 valence electrons. The predicted molar refractivity (Wildman–Crippen MR) is 33.8 cm³/mol. The third kappa shape index (κ3) is 10.6. The molecule has 0 aliphatic heterocycles. The van der Waals surface area contributed by atoms with E-state index in [1.54, 1.807) is 0 Å². The summed E-state index contributed by atoms with van der Waals surface area (Å²) in [6.07, 6.45) is 8.29. The van der Waals surface area contributed by atoms with Gasteiger partial charge in [0.2, 0.25) is 0 Å². The Balaban J connectivity index is 0. The Morgan fingerprint density at radius 3 is 1.62 bits per heavy atom. The monoisotopic (exact) mass is 137 g/mol. The zero-order chi connectivity index (χ0) is 5.54. The average Bonchev–Trinajstić information content (AvgIpc) is 1.69. The number of unbranched alkanes of at least 4 members (excludes halogenated alkanes) is 4. The van der Waals surface area contributed by atoms with Crippen molar-refractivity contribution in [3.8, 4) is 0 Å². The van der Waals surface area contributed by atoms with Crippen LogP contribution in [0, 0.1) is 12.8 Å². The van der Waals surface area contributed by atoms with Crippen LogP contribution in [0.4, 0.5) is 0 Å². The molecular formula is C7H14K-. The predicted octanol–water partition coefficient (Wildman–Crippen LogP) is -0.391. The maximum Gasteiger partial charge on any atom is 1.00 e. The molecule has 0 bridgehead atoms. The fraction of sp³-hybridized carbons (Fsp3) is 0.714. The van der Waals surface area contributed by atoms with E-state index in [0.717, 1.165) is 0 Å². The van der Waals surface area contributed by atoms with Gasteiger partial charge in [0, 0.05) is 0 Å². The Kier molecular flexibility index (Phi) is 17.6. The van der Waals surface area contributed by atoms with Crippen LogP contribution < -0.4 is 51.4 Å². The molecule has 0 aliphatic rings. The van der Waals surface area contributed by atoms with Gasteiger partial charge in [-0.3, -0.25) is 0 Å². The zero-order valence-electron chi connectivity index (χ0n) is 6.28. The van der Waals surface area contributed by atoms with E-state index in [1.807, 2.05) is 0 Å². The molecule has 0 fully saturated rings. The maximum absolute atomic E-state index is 2.21. The van der Waals surface area contributed by atoms with Crippen LogP contribution in [0.1, 0.15) is 33.1 Å². The summed E-state index contributed by atoms with van der Waals surface area (Å²) in [4.78, 5) is 0. The molecule has 0 aliphatic carbocycles. The van der Waals surface area contributed by atoms with Crippen molar-refractivity contribution in [2.45, 2.75) is 33.1 Å². The minimum atomic E-state index is 0. The van der Waals surface area contributed by atoms with Crippen LogP contribution in [0.25, 0.3) is 0 Å². The minimum absolute atomic E-state index is 0. The van der Waals surface area contributed by atoms with Gasteiger partial charge in [0.15, 0.2) is 0 Å². The quantitative estimate of drug-likeness (QED) is 0.281. The molecule has 0 unspecified atom stereocenters. The molecule has 0 N–H and O–H groups in total. The van der Waals surface area contributed by atoms with E-state index in [9.17, 15) is 0 Å². The number of hydrogen-bond acceptors (Lipinski definition) is 0. The van der Waals surface area contributed by atoms with E-state index in [4.69, 9.17) is 0 Å². The van der Waals surface area contributed by atoms with E-state index in [0.29, 0.717) is 0 Å². The summed E-state index contributed by atoms with van der Waals surface area (Å²) in [6.45, 7) is 4.21. The van der Waals surface area contributed by atoms with Gasteiger partial charge in [0.1, 0.15) is 0 Å². The normalized spacial score (nSPS) is 8.25. The summed E-state index contributed by atoms with van der Waals surface area (Å²) in [5.41, 5.74) is 0. The van der Waals surface area contributed by atoms with E-state index < -0.39 is 0 Å². The van der Waals surface area contributed by atoms with Crippen LogP contribution in [-0.2, 0) is 0 Å². The molecule has 0 atom stereocenters. The van der Waals surface area contributed by atoms with Gasteiger partial charge in [-0.05, 0) is 0 Å². The van der Waals surface area contributed by atoms with Crippen LogP contribution in [0.5, 0.6) is 0 Å². The third-order valence-corrected chi connectivity index (χ3v) is 0.986. The first-order valence-corrected chi connectivity index (χ1v) is 2.97. The second-order valence-corrected chi connectivity index (χ2v) is 1.75. The fourth-order valence-corrected chi connectivity index (χ4v) is 0.526. The molecule has 0 aromatic carbocycles. The first-order chi connectivity index (χ1) is 3.41. The van der Waals surface area contributed by atoms with Gasteiger partial charge < -0.3 is 12.8 Å². The molecule has 1 heteroatoms. The number of hydrogen-bond donors (Lipinski definition) is 0. The van der Waals surface area contributed by atoms with Crippen molar-refractivity contribution in [2.24, 2.45) is 0 Å². The third-order valence-electron chi connectivity index (χ3n) is 0.986. The molecule has 0 amide bonds. The summed E-state index contributed by atoms with van der Waals surface area (Å²) in [5, 5.41) is 0. The molecule has 8 heavy (non-hydrogen) atoms. The summed E-state index contributed by atoms with van der Waals surface area (Å²) in [7, 11) is 0. The Bertz CT molecular complexity index is 23.6. The van der Waals surface area contributed by atoms with Gasteiger partial charge in [0.25, 0.3) is 0 Å². The minimum Gasteiger partial charge on any atom is -0.332 e. The molecule has 0 aromatic heterocycles. The number of rotatable bonds is 4. The standard InChI is InChI=1S/C7H14.K/c1-3-5-7-6-4-2;/h3-4H,5-7H2,1-2H3;/q-2;+1. The maximum atomic E-state index is 2.21. The summed E-state index contributed by atoms with van der Waals surface area (Å²) in [6, 6.07) is 0. The average molecular weight is 137 g/mol. The molecule has 0 nitrogen and oxygen atoms in total. The zero-order valence-corrected chi connectivity index (χ0v) is 9.40. The Morgan fingerprint density at radius 2 is 1.38 bits per heavy atom. The van der Waals surface area contributed by atoms with Gasteiger partial charge in [-0.1, -0.05) is 0 Å². The van der Waals surface area contributed by atoms with Crippen LogP contribution in [0.15, 0.2) is 0 Å². The van der Waals surface area contributed by atoms with E-state index in [2.05, 4.69) is 26.7 Å². The topological polar surface area (TPSA) is 0 Å². The smallest absolute Gasteiger partial charge is 0.332 e. The second kappa shape index (κ2) is 11.4. The van der Waals surface area contributed by atoms with Crippen molar-refractivity contribution in [2.75, 3.05) is 0 Å². The van der Waals surface area contributed by atoms with Crippen molar-refractivity contribution >= 4 is 0 Å². The Labute approximate surface area is 95.9 Å². The van der Waals surface area contributed by atoms with Gasteiger partial charge in [-0.2, -0.15) is 26.7 Å². The van der Waals surface area contributed by atoms with Gasteiger partial charge >= 0.3 is 51.4 Å². The molecule has 0 rings (SSSR count). The van der Waals surface area contributed by atoms with Crippen molar-refractivity contribution < 1.29 is 51.4 Å². The first kappa shape index (κ1) is 12.3. The molecule has 0 radical (unpaired) electrons. The van der Waals surface area contributed by atoms with Crippen molar-refractivity contribution in [1.82, 2.24) is 0 Å².